The van der Waals surface area contributed by atoms with E-state index in [4.69, 9.17) is 0 Å². The van der Waals surface area contributed by atoms with Crippen LogP contribution in [0.15, 0.2) is 46.9 Å². The van der Waals surface area contributed by atoms with Crippen molar-refractivity contribution in [1.29, 1.82) is 0 Å². The number of urea groups is 1. The highest BCUT2D eigenvalue weighted by Crippen LogP contribution is 2.25. The molecule has 0 fully saturated rings. The van der Waals surface area contributed by atoms with Crippen molar-refractivity contribution in [3.8, 4) is 0 Å². The van der Waals surface area contributed by atoms with Crippen molar-refractivity contribution in [1.82, 2.24) is 4.90 Å². The van der Waals surface area contributed by atoms with Gasteiger partial charge in [-0.05, 0) is 48.0 Å². The molecular formula is C16H13BrN2O2. The molecule has 0 saturated heterocycles. The van der Waals surface area contributed by atoms with E-state index in [1.54, 1.807) is 36.2 Å². The monoisotopic (exact) mass is 344 g/mol. The predicted octanol–water partition coefficient (Wildman–Crippen LogP) is 3.66. The Kier molecular flexibility index (Phi) is 3.51. The Bertz CT molecular complexity index is 726. The Hall–Kier alpha value is -2.14. The fourth-order valence-corrected chi connectivity index (χ4v) is 2.56. The fourth-order valence-electron chi connectivity index (χ4n) is 2.29. The van der Waals surface area contributed by atoms with E-state index in [9.17, 15) is 9.59 Å². The number of rotatable bonds is 2. The maximum absolute atomic E-state index is 12.5. The molecule has 1 heterocycles. The molecule has 0 radical (unpaired) electrons. The predicted molar refractivity (Wildman–Crippen MR) is 84.5 cm³/mol. The van der Waals surface area contributed by atoms with Gasteiger partial charge in [0, 0.05) is 34.9 Å². The van der Waals surface area contributed by atoms with Gasteiger partial charge in [-0.25, -0.2) is 4.79 Å². The third-order valence-corrected chi connectivity index (χ3v) is 4.00. The molecule has 106 valence electrons. The summed E-state index contributed by atoms with van der Waals surface area (Å²) in [4.78, 5) is 25.6. The summed E-state index contributed by atoms with van der Waals surface area (Å²) in [5, 5.41) is 2.79. The van der Waals surface area contributed by atoms with Crippen LogP contribution in [0, 0.1) is 0 Å². The zero-order chi connectivity index (χ0) is 15.0. The molecule has 2 aromatic carbocycles. The molecular weight excluding hydrogens is 332 g/mol. The van der Waals surface area contributed by atoms with Crippen molar-refractivity contribution in [2.24, 2.45) is 0 Å². The molecule has 0 unspecified atom stereocenters. The summed E-state index contributed by atoms with van der Waals surface area (Å²) in [5.41, 5.74) is 2.98. The Morgan fingerprint density at radius 3 is 2.52 bits per heavy atom. The minimum absolute atomic E-state index is 0.0233. The van der Waals surface area contributed by atoms with Gasteiger partial charge in [-0.2, -0.15) is 0 Å². The first kappa shape index (κ1) is 13.8. The molecule has 3 rings (SSSR count). The number of hydrogen-bond donors (Lipinski definition) is 1. The number of nitrogens with one attached hydrogen (secondary N) is 1. The van der Waals surface area contributed by atoms with Gasteiger partial charge >= 0.3 is 6.03 Å². The number of anilines is 1. The highest BCUT2D eigenvalue weighted by Gasteiger charge is 2.20. The molecule has 21 heavy (non-hydrogen) atoms. The van der Waals surface area contributed by atoms with Crippen LogP contribution in [-0.4, -0.2) is 23.8 Å². The third-order valence-electron chi connectivity index (χ3n) is 3.47. The van der Waals surface area contributed by atoms with E-state index < -0.39 is 0 Å². The quantitative estimate of drug-likeness (QED) is 0.845. The molecule has 0 aliphatic carbocycles. The van der Waals surface area contributed by atoms with Crippen molar-refractivity contribution in [3.63, 3.8) is 0 Å². The normalized spacial score (nSPS) is 13.6. The fraction of sp³-hybridized carbons (Fsp3) is 0.125. The van der Waals surface area contributed by atoms with Gasteiger partial charge in [0.05, 0.1) is 0 Å². The van der Waals surface area contributed by atoms with Crippen LogP contribution in [0.25, 0.3) is 0 Å². The minimum atomic E-state index is -0.130. The summed E-state index contributed by atoms with van der Waals surface area (Å²) in [6, 6.07) is 12.5. The maximum atomic E-state index is 12.5. The molecule has 0 atom stereocenters. The number of carbonyl (C=O) groups excluding carboxylic acids is 2. The van der Waals surface area contributed by atoms with E-state index in [0.29, 0.717) is 17.7 Å². The van der Waals surface area contributed by atoms with Crippen molar-refractivity contribution < 1.29 is 9.59 Å². The van der Waals surface area contributed by atoms with Crippen molar-refractivity contribution in [2.75, 3.05) is 12.4 Å². The SMILES string of the molecule is CN1Cc2cc(C(=O)c3ccc(Br)cc3)ccc2NC1=O. The van der Waals surface area contributed by atoms with Gasteiger partial charge in [-0.3, -0.25) is 4.79 Å². The largest absolute Gasteiger partial charge is 0.323 e. The van der Waals surface area contributed by atoms with Gasteiger partial charge in [-0.1, -0.05) is 15.9 Å². The molecule has 0 bridgehead atoms. The first-order valence-electron chi connectivity index (χ1n) is 6.50. The number of benzene rings is 2. The second-order valence-electron chi connectivity index (χ2n) is 4.99. The van der Waals surface area contributed by atoms with Crippen LogP contribution in [-0.2, 0) is 6.54 Å². The van der Waals surface area contributed by atoms with Crippen molar-refractivity contribution >= 4 is 33.4 Å². The Balaban J connectivity index is 1.93. The second kappa shape index (κ2) is 5.33. The topological polar surface area (TPSA) is 49.4 Å². The van der Waals surface area contributed by atoms with Crippen LogP contribution >= 0.6 is 15.9 Å². The first-order valence-corrected chi connectivity index (χ1v) is 7.29. The zero-order valence-corrected chi connectivity index (χ0v) is 13.0. The second-order valence-corrected chi connectivity index (χ2v) is 5.91. The number of fused-ring (bicyclic) bond motifs is 1. The number of amides is 2. The van der Waals surface area contributed by atoms with E-state index in [2.05, 4.69) is 21.2 Å². The molecule has 1 N–H and O–H groups in total. The van der Waals surface area contributed by atoms with Crippen molar-refractivity contribution in [3.05, 3.63) is 63.6 Å². The molecule has 4 nitrogen and oxygen atoms in total. The number of nitrogens with zero attached hydrogens (tertiary/aromatic N) is 1. The average Bonchev–Trinajstić information content (AvgIpc) is 2.48. The van der Waals surface area contributed by atoms with E-state index in [1.807, 2.05) is 18.2 Å². The lowest BCUT2D eigenvalue weighted by Crippen LogP contribution is -2.35. The third kappa shape index (κ3) is 2.69. The van der Waals surface area contributed by atoms with Crippen LogP contribution < -0.4 is 5.32 Å². The summed E-state index contributed by atoms with van der Waals surface area (Å²) in [5.74, 6) is -0.0233. The highest BCUT2D eigenvalue weighted by atomic mass is 79.9. The number of ketones is 1. The molecule has 1 aliphatic rings. The molecule has 5 heteroatoms. The van der Waals surface area contributed by atoms with E-state index in [0.717, 1.165) is 15.7 Å². The number of carbonyl (C=O) groups is 2. The minimum Gasteiger partial charge on any atom is -0.323 e. The Morgan fingerprint density at radius 1 is 1.14 bits per heavy atom. The summed E-state index contributed by atoms with van der Waals surface area (Å²) in [6.45, 7) is 0.503. The molecule has 0 spiro atoms. The van der Waals surface area contributed by atoms with Gasteiger partial charge in [0.25, 0.3) is 0 Å². The van der Waals surface area contributed by atoms with Gasteiger partial charge in [0.2, 0.25) is 0 Å². The van der Waals surface area contributed by atoms with Crippen molar-refractivity contribution in [2.45, 2.75) is 6.54 Å². The maximum Gasteiger partial charge on any atom is 0.321 e. The number of halogens is 1. The number of hydrogen-bond acceptors (Lipinski definition) is 2. The molecule has 2 amide bonds. The smallest absolute Gasteiger partial charge is 0.321 e. The zero-order valence-electron chi connectivity index (χ0n) is 11.4. The van der Waals surface area contributed by atoms with E-state index >= 15 is 0 Å². The highest BCUT2D eigenvalue weighted by molar-refractivity contribution is 9.10. The molecule has 0 aromatic heterocycles. The van der Waals surface area contributed by atoms with Gasteiger partial charge in [0.1, 0.15) is 0 Å². The lowest BCUT2D eigenvalue weighted by molar-refractivity contribution is 0.103. The summed E-state index contributed by atoms with van der Waals surface area (Å²) in [6.07, 6.45) is 0. The Morgan fingerprint density at radius 2 is 1.81 bits per heavy atom. The summed E-state index contributed by atoms with van der Waals surface area (Å²) in [7, 11) is 1.72. The van der Waals surface area contributed by atoms with Gasteiger partial charge < -0.3 is 10.2 Å². The van der Waals surface area contributed by atoms with Gasteiger partial charge in [0.15, 0.2) is 5.78 Å². The van der Waals surface area contributed by atoms with Crippen LogP contribution in [0.1, 0.15) is 21.5 Å². The van der Waals surface area contributed by atoms with Crippen LogP contribution in [0.3, 0.4) is 0 Å². The standard InChI is InChI=1S/C16H13BrN2O2/c1-19-9-12-8-11(4-7-14(12)18-16(19)21)15(20)10-2-5-13(17)6-3-10/h2-8H,9H2,1H3,(H,18,21). The lowest BCUT2D eigenvalue weighted by atomic mass is 9.99. The van der Waals surface area contributed by atoms with Crippen LogP contribution in [0.5, 0.6) is 0 Å². The van der Waals surface area contributed by atoms with Crippen LogP contribution in [0.2, 0.25) is 0 Å². The van der Waals surface area contributed by atoms with E-state index in [1.165, 1.54) is 0 Å². The van der Waals surface area contributed by atoms with E-state index in [-0.39, 0.29) is 11.8 Å². The molecule has 2 aromatic rings. The van der Waals surface area contributed by atoms with Gasteiger partial charge in [-0.15, -0.1) is 0 Å². The molecule has 0 saturated carbocycles. The first-order chi connectivity index (χ1) is 10.0. The van der Waals surface area contributed by atoms with Crippen LogP contribution in [0.4, 0.5) is 10.5 Å². The molecule has 1 aliphatic heterocycles. The Labute approximate surface area is 130 Å². The summed E-state index contributed by atoms with van der Waals surface area (Å²) < 4.78 is 0.939. The summed E-state index contributed by atoms with van der Waals surface area (Å²) >= 11 is 3.36. The lowest BCUT2D eigenvalue weighted by Gasteiger charge is -2.26. The average molecular weight is 345 g/mol.